The number of ether oxygens (including phenoxy) is 2. The van der Waals surface area contributed by atoms with Crippen molar-refractivity contribution in [2.75, 3.05) is 32.1 Å². The number of hydrogen-bond acceptors (Lipinski definition) is 4. The summed E-state index contributed by atoms with van der Waals surface area (Å²) in [7, 11) is 1.89. The largest absolute Gasteiger partial charge is 0.492 e. The Morgan fingerprint density at radius 1 is 1.16 bits per heavy atom. The van der Waals surface area contributed by atoms with E-state index < -0.39 is 6.61 Å². The normalized spacial score (nSPS) is 10.9. The number of guanidine groups is 1. The smallest absolute Gasteiger partial charge is 0.387 e. The number of rotatable bonds is 10. The lowest BCUT2D eigenvalue weighted by atomic mass is 10.2. The maximum atomic E-state index is 12.3. The fourth-order valence-corrected chi connectivity index (χ4v) is 2.78. The highest BCUT2D eigenvalue weighted by Crippen LogP contribution is 2.17. The molecule has 0 atom stereocenters. The predicted molar refractivity (Wildman–Crippen MR) is 132 cm³/mol. The molecule has 10 heteroatoms. The standard InChI is InChI=1S/C22H28F2N4O3.HI/c1-4-25-22(28(3)15-17-8-10-19(11-9-17)31-21(23)24)26-12-13-30-20-7-5-6-18(14-20)27-16(2)29;/h5-11,14,21H,4,12-13,15H2,1-3H3,(H,25,26)(H,27,29);1H. The summed E-state index contributed by atoms with van der Waals surface area (Å²) in [4.78, 5) is 17.7. The van der Waals surface area contributed by atoms with Crippen LogP contribution in [0.1, 0.15) is 19.4 Å². The number of benzene rings is 2. The first kappa shape index (κ1) is 27.4. The molecule has 0 bridgehead atoms. The Labute approximate surface area is 204 Å². The highest BCUT2D eigenvalue weighted by molar-refractivity contribution is 14.0. The van der Waals surface area contributed by atoms with Crippen molar-refractivity contribution in [3.63, 3.8) is 0 Å². The maximum absolute atomic E-state index is 12.3. The Balaban J connectivity index is 0.00000512. The van der Waals surface area contributed by atoms with Crippen molar-refractivity contribution in [2.45, 2.75) is 27.0 Å². The molecule has 0 heterocycles. The fraction of sp³-hybridized carbons (Fsp3) is 0.364. The third-order valence-electron chi connectivity index (χ3n) is 4.04. The lowest BCUT2D eigenvalue weighted by molar-refractivity contribution is -0.114. The summed E-state index contributed by atoms with van der Waals surface area (Å²) in [6.07, 6.45) is 0. The lowest BCUT2D eigenvalue weighted by Gasteiger charge is -2.22. The van der Waals surface area contributed by atoms with E-state index in [2.05, 4.69) is 20.4 Å². The summed E-state index contributed by atoms with van der Waals surface area (Å²) in [6.45, 7) is 2.63. The van der Waals surface area contributed by atoms with Crippen LogP contribution in [0.4, 0.5) is 14.5 Å². The Kier molecular flexibility index (Phi) is 12.4. The Bertz CT molecular complexity index is 867. The monoisotopic (exact) mass is 562 g/mol. The second kappa shape index (κ2) is 14.4. The van der Waals surface area contributed by atoms with Crippen LogP contribution in [0.3, 0.4) is 0 Å². The van der Waals surface area contributed by atoms with Crippen LogP contribution in [0.5, 0.6) is 11.5 Å². The number of amides is 1. The van der Waals surface area contributed by atoms with Gasteiger partial charge in [0, 0.05) is 38.8 Å². The van der Waals surface area contributed by atoms with Crippen molar-refractivity contribution < 1.29 is 23.0 Å². The molecule has 2 N–H and O–H groups in total. The van der Waals surface area contributed by atoms with Crippen molar-refractivity contribution >= 4 is 41.5 Å². The van der Waals surface area contributed by atoms with Crippen molar-refractivity contribution in [3.05, 3.63) is 54.1 Å². The van der Waals surface area contributed by atoms with Gasteiger partial charge in [0.05, 0.1) is 6.54 Å². The quantitative estimate of drug-likeness (QED) is 0.195. The van der Waals surface area contributed by atoms with E-state index in [1.54, 1.807) is 30.3 Å². The fourth-order valence-electron chi connectivity index (χ4n) is 2.78. The van der Waals surface area contributed by atoms with E-state index in [1.165, 1.54) is 19.1 Å². The van der Waals surface area contributed by atoms with Crippen molar-refractivity contribution in [3.8, 4) is 11.5 Å². The molecular weight excluding hydrogens is 533 g/mol. The van der Waals surface area contributed by atoms with Gasteiger partial charge in [0.2, 0.25) is 5.91 Å². The second-order valence-electron chi connectivity index (χ2n) is 6.67. The van der Waals surface area contributed by atoms with E-state index in [9.17, 15) is 13.6 Å². The van der Waals surface area contributed by atoms with Gasteiger partial charge in [0.25, 0.3) is 0 Å². The molecule has 2 aromatic rings. The van der Waals surface area contributed by atoms with E-state index in [0.717, 1.165) is 5.56 Å². The zero-order valence-corrected chi connectivity index (χ0v) is 20.6. The zero-order valence-electron chi connectivity index (χ0n) is 18.3. The highest BCUT2D eigenvalue weighted by atomic mass is 127. The average Bonchev–Trinajstić information content (AvgIpc) is 2.71. The third-order valence-corrected chi connectivity index (χ3v) is 4.04. The molecule has 0 saturated carbocycles. The number of anilines is 1. The van der Waals surface area contributed by atoms with Crippen LogP contribution in [0, 0.1) is 0 Å². The molecule has 0 aliphatic heterocycles. The van der Waals surface area contributed by atoms with Gasteiger partial charge in [-0.05, 0) is 36.8 Å². The first-order chi connectivity index (χ1) is 14.9. The van der Waals surface area contributed by atoms with Gasteiger partial charge in [-0.3, -0.25) is 4.79 Å². The van der Waals surface area contributed by atoms with Crippen molar-refractivity contribution in [1.29, 1.82) is 0 Å². The molecule has 32 heavy (non-hydrogen) atoms. The summed E-state index contributed by atoms with van der Waals surface area (Å²) in [5, 5.41) is 5.93. The summed E-state index contributed by atoms with van der Waals surface area (Å²) in [5.41, 5.74) is 1.60. The molecule has 2 aromatic carbocycles. The molecule has 1 amide bonds. The SMILES string of the molecule is CCNC(=NCCOc1cccc(NC(C)=O)c1)N(C)Cc1ccc(OC(F)F)cc1.I. The van der Waals surface area contributed by atoms with Crippen LogP contribution in [-0.2, 0) is 11.3 Å². The molecule has 0 aliphatic carbocycles. The number of alkyl halides is 2. The van der Waals surface area contributed by atoms with E-state index in [0.29, 0.717) is 43.6 Å². The predicted octanol–water partition coefficient (Wildman–Crippen LogP) is 4.34. The van der Waals surface area contributed by atoms with Crippen LogP contribution < -0.4 is 20.1 Å². The number of nitrogens with one attached hydrogen (secondary N) is 2. The lowest BCUT2D eigenvalue weighted by Crippen LogP contribution is -2.38. The second-order valence-corrected chi connectivity index (χ2v) is 6.67. The van der Waals surface area contributed by atoms with Crippen LogP contribution in [-0.4, -0.2) is 50.1 Å². The van der Waals surface area contributed by atoms with Crippen LogP contribution in [0.25, 0.3) is 0 Å². The Hall–Kier alpha value is -2.63. The van der Waals surface area contributed by atoms with Gasteiger partial charge in [-0.1, -0.05) is 18.2 Å². The molecule has 0 fully saturated rings. The van der Waals surface area contributed by atoms with E-state index in [-0.39, 0.29) is 35.6 Å². The molecule has 0 saturated heterocycles. The molecule has 176 valence electrons. The number of aliphatic imine (C=N–C) groups is 1. The zero-order chi connectivity index (χ0) is 22.6. The molecule has 7 nitrogen and oxygen atoms in total. The number of hydrogen-bond donors (Lipinski definition) is 2. The van der Waals surface area contributed by atoms with Gasteiger partial charge in [0.1, 0.15) is 18.1 Å². The number of nitrogens with zero attached hydrogens (tertiary/aromatic N) is 2. The number of halogens is 3. The summed E-state index contributed by atoms with van der Waals surface area (Å²) < 4.78 is 34.6. The highest BCUT2D eigenvalue weighted by Gasteiger charge is 2.08. The average molecular weight is 562 g/mol. The van der Waals surface area contributed by atoms with Crippen LogP contribution in [0.2, 0.25) is 0 Å². The molecule has 0 radical (unpaired) electrons. The minimum atomic E-state index is -2.84. The first-order valence-corrected chi connectivity index (χ1v) is 9.91. The van der Waals surface area contributed by atoms with E-state index in [1.807, 2.05) is 24.9 Å². The summed E-state index contributed by atoms with van der Waals surface area (Å²) in [6, 6.07) is 13.7. The minimum absolute atomic E-state index is 0. The van der Waals surface area contributed by atoms with E-state index >= 15 is 0 Å². The molecule has 0 aliphatic rings. The summed E-state index contributed by atoms with van der Waals surface area (Å²) >= 11 is 0. The Morgan fingerprint density at radius 2 is 1.88 bits per heavy atom. The van der Waals surface area contributed by atoms with E-state index in [4.69, 9.17) is 4.74 Å². The van der Waals surface area contributed by atoms with Gasteiger partial charge < -0.3 is 25.0 Å². The van der Waals surface area contributed by atoms with Gasteiger partial charge in [-0.15, -0.1) is 24.0 Å². The topological polar surface area (TPSA) is 75.2 Å². The number of carbonyl (C=O) groups is 1. The summed E-state index contributed by atoms with van der Waals surface area (Å²) in [5.74, 6) is 1.33. The van der Waals surface area contributed by atoms with Gasteiger partial charge in [-0.2, -0.15) is 8.78 Å². The Morgan fingerprint density at radius 3 is 2.50 bits per heavy atom. The minimum Gasteiger partial charge on any atom is -0.492 e. The van der Waals surface area contributed by atoms with Crippen molar-refractivity contribution in [1.82, 2.24) is 10.2 Å². The van der Waals surface area contributed by atoms with Gasteiger partial charge in [0.15, 0.2) is 5.96 Å². The van der Waals surface area contributed by atoms with Gasteiger partial charge in [-0.25, -0.2) is 4.99 Å². The molecular formula is C22H29F2IN4O3. The van der Waals surface area contributed by atoms with Gasteiger partial charge >= 0.3 is 6.61 Å². The van der Waals surface area contributed by atoms with Crippen LogP contribution in [0.15, 0.2) is 53.5 Å². The van der Waals surface area contributed by atoms with Crippen molar-refractivity contribution in [2.24, 2.45) is 4.99 Å². The first-order valence-electron chi connectivity index (χ1n) is 9.91. The molecule has 0 unspecified atom stereocenters. The molecule has 0 aromatic heterocycles. The van der Waals surface area contributed by atoms with Crippen LogP contribution >= 0.6 is 24.0 Å². The maximum Gasteiger partial charge on any atom is 0.387 e. The number of carbonyl (C=O) groups excluding carboxylic acids is 1. The third kappa shape index (κ3) is 10.1. The molecule has 0 spiro atoms. The molecule has 2 rings (SSSR count).